The molecule has 1 rings (SSSR count). The number of hydrogen-bond acceptors (Lipinski definition) is 3. The van der Waals surface area contributed by atoms with Gasteiger partial charge in [0.2, 0.25) is 0 Å². The minimum Gasteiger partial charge on any atom is -0.382 e. The number of ether oxygens (including phenoxy) is 1. The molecule has 0 radical (unpaired) electrons. The first-order chi connectivity index (χ1) is 8.63. The third-order valence-corrected chi connectivity index (χ3v) is 3.00. The molecule has 1 N–H and O–H groups in total. The molecule has 98 valence electrons. The average Bonchev–Trinajstić information content (AvgIpc) is 2.34. The van der Waals surface area contributed by atoms with E-state index in [9.17, 15) is 0 Å². The molecule has 0 saturated heterocycles. The lowest BCUT2D eigenvalue weighted by Gasteiger charge is -2.10. The number of nitriles is 1. The van der Waals surface area contributed by atoms with E-state index in [-0.39, 0.29) is 0 Å². The van der Waals surface area contributed by atoms with Gasteiger partial charge in [-0.05, 0) is 30.5 Å². The minimum absolute atomic E-state index is 0.645. The van der Waals surface area contributed by atoms with Crippen LogP contribution in [0.5, 0.6) is 0 Å². The van der Waals surface area contributed by atoms with Crippen molar-refractivity contribution in [3.8, 4) is 6.07 Å². The summed E-state index contributed by atoms with van der Waals surface area (Å²) in [5.74, 6) is 0.676. The molecule has 4 heteroatoms. The summed E-state index contributed by atoms with van der Waals surface area (Å²) in [5, 5.41) is 12.2. The predicted octanol–water partition coefficient (Wildman–Crippen LogP) is 3.80. The normalized spacial score (nSPS) is 10.4. The number of nitrogens with zero attached hydrogens (tertiary/aromatic N) is 1. The van der Waals surface area contributed by atoms with E-state index in [1.54, 1.807) is 0 Å². The second-order valence-corrected chi connectivity index (χ2v) is 5.44. The van der Waals surface area contributed by atoms with Crippen LogP contribution in [0.15, 0.2) is 22.7 Å². The van der Waals surface area contributed by atoms with Gasteiger partial charge in [0.1, 0.15) is 6.07 Å². The largest absolute Gasteiger partial charge is 0.382 e. The molecule has 0 aromatic heterocycles. The van der Waals surface area contributed by atoms with Crippen LogP contribution in [0.4, 0.5) is 5.69 Å². The Morgan fingerprint density at radius 3 is 2.83 bits per heavy atom. The number of anilines is 1. The van der Waals surface area contributed by atoms with Gasteiger partial charge in [0.25, 0.3) is 0 Å². The van der Waals surface area contributed by atoms with Crippen LogP contribution in [0.25, 0.3) is 0 Å². The third-order valence-electron chi connectivity index (χ3n) is 2.50. The van der Waals surface area contributed by atoms with Crippen LogP contribution in [0.2, 0.25) is 0 Å². The summed E-state index contributed by atoms with van der Waals surface area (Å²) >= 11 is 3.35. The Kier molecular flexibility index (Phi) is 6.77. The van der Waals surface area contributed by atoms with Gasteiger partial charge in [-0.25, -0.2) is 0 Å². The fraction of sp³-hybridized carbons (Fsp3) is 0.500. The van der Waals surface area contributed by atoms with Crippen molar-refractivity contribution in [1.29, 1.82) is 5.26 Å². The van der Waals surface area contributed by atoms with Gasteiger partial charge in [0.05, 0.1) is 17.9 Å². The molecule has 0 aliphatic carbocycles. The van der Waals surface area contributed by atoms with Crippen molar-refractivity contribution >= 4 is 21.6 Å². The molecule has 0 aliphatic heterocycles. The monoisotopic (exact) mass is 310 g/mol. The van der Waals surface area contributed by atoms with Gasteiger partial charge in [-0.1, -0.05) is 29.8 Å². The highest BCUT2D eigenvalue weighted by Gasteiger charge is 2.01. The lowest BCUT2D eigenvalue weighted by Crippen LogP contribution is -2.11. The topological polar surface area (TPSA) is 45.0 Å². The van der Waals surface area contributed by atoms with E-state index in [1.165, 1.54) is 0 Å². The molecule has 18 heavy (non-hydrogen) atoms. The molecular formula is C14H19BrN2O. The smallest absolute Gasteiger partial charge is 0.101 e. The van der Waals surface area contributed by atoms with E-state index in [1.807, 2.05) is 18.2 Å². The molecule has 0 heterocycles. The fourth-order valence-electron chi connectivity index (χ4n) is 1.44. The van der Waals surface area contributed by atoms with Gasteiger partial charge in [-0.15, -0.1) is 0 Å². The quantitative estimate of drug-likeness (QED) is 0.779. The van der Waals surface area contributed by atoms with E-state index >= 15 is 0 Å². The zero-order valence-electron chi connectivity index (χ0n) is 10.9. The van der Waals surface area contributed by atoms with Gasteiger partial charge in [-0.3, -0.25) is 0 Å². The molecule has 0 spiro atoms. The zero-order chi connectivity index (χ0) is 13.4. The average molecular weight is 311 g/mol. The Balaban J connectivity index is 2.29. The first kappa shape index (κ1) is 15.0. The standard InChI is InChI=1S/C14H19BrN2O/c1-11(2)5-7-18-8-6-17-14-4-3-13(15)9-12(14)10-16/h3-4,9,11,17H,5-8H2,1-2H3. The van der Waals surface area contributed by atoms with Crippen molar-refractivity contribution in [2.75, 3.05) is 25.1 Å². The predicted molar refractivity (Wildman–Crippen MR) is 77.6 cm³/mol. The van der Waals surface area contributed by atoms with Crippen LogP contribution in [-0.4, -0.2) is 19.8 Å². The Labute approximate surface area is 117 Å². The van der Waals surface area contributed by atoms with Crippen LogP contribution in [0.1, 0.15) is 25.8 Å². The van der Waals surface area contributed by atoms with Gasteiger partial charge < -0.3 is 10.1 Å². The van der Waals surface area contributed by atoms with Crippen LogP contribution in [0, 0.1) is 17.2 Å². The van der Waals surface area contributed by atoms with E-state index < -0.39 is 0 Å². The summed E-state index contributed by atoms with van der Waals surface area (Å²) < 4.78 is 6.42. The molecule has 0 amide bonds. The first-order valence-corrected chi connectivity index (χ1v) is 6.94. The number of benzene rings is 1. The molecule has 3 nitrogen and oxygen atoms in total. The Morgan fingerprint density at radius 2 is 2.17 bits per heavy atom. The van der Waals surface area contributed by atoms with Crippen molar-refractivity contribution < 1.29 is 4.74 Å². The van der Waals surface area contributed by atoms with Gasteiger partial charge in [0.15, 0.2) is 0 Å². The summed E-state index contributed by atoms with van der Waals surface area (Å²) in [6, 6.07) is 7.80. The maximum Gasteiger partial charge on any atom is 0.101 e. The second-order valence-electron chi connectivity index (χ2n) is 4.52. The zero-order valence-corrected chi connectivity index (χ0v) is 12.5. The number of rotatable bonds is 7. The summed E-state index contributed by atoms with van der Waals surface area (Å²) in [4.78, 5) is 0. The van der Waals surface area contributed by atoms with Gasteiger partial charge >= 0.3 is 0 Å². The van der Waals surface area contributed by atoms with Crippen molar-refractivity contribution in [3.05, 3.63) is 28.2 Å². The van der Waals surface area contributed by atoms with E-state index in [0.29, 0.717) is 24.6 Å². The molecule has 0 bridgehead atoms. The van der Waals surface area contributed by atoms with Crippen LogP contribution < -0.4 is 5.32 Å². The Morgan fingerprint density at radius 1 is 1.39 bits per heavy atom. The molecule has 1 aromatic rings. The van der Waals surface area contributed by atoms with Crippen molar-refractivity contribution in [2.24, 2.45) is 5.92 Å². The van der Waals surface area contributed by atoms with Crippen LogP contribution in [-0.2, 0) is 4.74 Å². The molecule has 0 fully saturated rings. The van der Waals surface area contributed by atoms with Crippen molar-refractivity contribution in [1.82, 2.24) is 0 Å². The highest BCUT2D eigenvalue weighted by Crippen LogP contribution is 2.19. The van der Waals surface area contributed by atoms with Gasteiger partial charge in [-0.2, -0.15) is 5.26 Å². The lowest BCUT2D eigenvalue weighted by atomic mass is 10.1. The fourth-order valence-corrected chi connectivity index (χ4v) is 1.80. The summed E-state index contributed by atoms with van der Waals surface area (Å²) in [7, 11) is 0. The maximum absolute atomic E-state index is 9.00. The number of nitrogens with one attached hydrogen (secondary N) is 1. The lowest BCUT2D eigenvalue weighted by molar-refractivity contribution is 0.132. The van der Waals surface area contributed by atoms with Gasteiger partial charge in [0, 0.05) is 17.6 Å². The molecular weight excluding hydrogens is 292 g/mol. The molecule has 0 saturated carbocycles. The Bertz CT molecular complexity index is 413. The molecule has 0 aliphatic rings. The molecule has 0 unspecified atom stereocenters. The van der Waals surface area contributed by atoms with Crippen molar-refractivity contribution in [3.63, 3.8) is 0 Å². The second kappa shape index (κ2) is 8.12. The number of hydrogen-bond donors (Lipinski definition) is 1. The van der Waals surface area contributed by atoms with Crippen LogP contribution in [0.3, 0.4) is 0 Å². The van der Waals surface area contributed by atoms with Crippen molar-refractivity contribution in [2.45, 2.75) is 20.3 Å². The van der Waals surface area contributed by atoms with E-state index in [0.717, 1.165) is 23.2 Å². The Hall–Kier alpha value is -1.05. The minimum atomic E-state index is 0.645. The highest BCUT2D eigenvalue weighted by atomic mass is 79.9. The molecule has 1 aromatic carbocycles. The summed E-state index contributed by atoms with van der Waals surface area (Å²) in [6.45, 7) is 6.54. The summed E-state index contributed by atoms with van der Waals surface area (Å²) in [6.07, 6.45) is 1.09. The molecule has 0 atom stereocenters. The number of halogens is 1. The third kappa shape index (κ3) is 5.52. The highest BCUT2D eigenvalue weighted by molar-refractivity contribution is 9.10. The van der Waals surface area contributed by atoms with E-state index in [4.69, 9.17) is 10.00 Å². The maximum atomic E-state index is 9.00. The SMILES string of the molecule is CC(C)CCOCCNc1ccc(Br)cc1C#N. The first-order valence-electron chi connectivity index (χ1n) is 6.14. The summed E-state index contributed by atoms with van der Waals surface area (Å²) in [5.41, 5.74) is 1.50. The van der Waals surface area contributed by atoms with E-state index in [2.05, 4.69) is 41.2 Å². The van der Waals surface area contributed by atoms with Crippen LogP contribution >= 0.6 is 15.9 Å².